The predicted octanol–water partition coefficient (Wildman–Crippen LogP) is 3.01. The van der Waals surface area contributed by atoms with Crippen LogP contribution in [-0.4, -0.2) is 43.7 Å². The van der Waals surface area contributed by atoms with Crippen LogP contribution in [0.4, 0.5) is 10.5 Å². The van der Waals surface area contributed by atoms with E-state index < -0.39 is 0 Å². The summed E-state index contributed by atoms with van der Waals surface area (Å²) in [4.78, 5) is 15.7. The van der Waals surface area contributed by atoms with Gasteiger partial charge in [-0.25, -0.2) is 4.79 Å². The molecule has 0 aliphatic carbocycles. The van der Waals surface area contributed by atoms with Crippen molar-refractivity contribution in [2.45, 2.75) is 0 Å². The highest BCUT2D eigenvalue weighted by Crippen LogP contribution is 2.33. The van der Waals surface area contributed by atoms with Crippen LogP contribution in [0.25, 0.3) is 0 Å². The maximum Gasteiger partial charge on any atom is 0.317 e. The molecule has 1 aliphatic heterocycles. The van der Waals surface area contributed by atoms with Crippen LogP contribution in [0.1, 0.15) is 0 Å². The van der Waals surface area contributed by atoms with Gasteiger partial charge in [0.1, 0.15) is 0 Å². The number of hydrogen-bond donors (Lipinski definition) is 1. The number of carbonyl (C=O) groups excluding carboxylic acids is 1. The number of nitrogens with zero attached hydrogens (tertiary/aromatic N) is 2. The van der Waals surface area contributed by atoms with Gasteiger partial charge >= 0.3 is 6.03 Å². The number of halogens is 2. The fourth-order valence-corrected chi connectivity index (χ4v) is 2.83. The van der Waals surface area contributed by atoms with Crippen LogP contribution < -0.4 is 10.2 Å². The summed E-state index contributed by atoms with van der Waals surface area (Å²) in [6, 6.07) is 5.42. The maximum absolute atomic E-state index is 11.8. The largest absolute Gasteiger partial charge is 0.366 e. The smallest absolute Gasteiger partial charge is 0.317 e. The van der Waals surface area contributed by atoms with Crippen molar-refractivity contribution in [2.24, 2.45) is 0 Å². The van der Waals surface area contributed by atoms with E-state index in [-0.39, 0.29) is 6.03 Å². The third kappa shape index (κ3) is 3.38. The highest BCUT2D eigenvalue weighted by atomic mass is 35.5. The molecule has 1 aliphatic rings. The van der Waals surface area contributed by atoms with Crippen molar-refractivity contribution < 1.29 is 4.79 Å². The van der Waals surface area contributed by atoms with Crippen molar-refractivity contribution in [3.63, 3.8) is 0 Å². The van der Waals surface area contributed by atoms with E-state index in [9.17, 15) is 4.79 Å². The number of piperazine rings is 1. The molecule has 1 heterocycles. The molecule has 1 aromatic carbocycles. The lowest BCUT2D eigenvalue weighted by atomic mass is 10.2. The minimum atomic E-state index is -0.0604. The van der Waals surface area contributed by atoms with E-state index >= 15 is 0 Å². The molecule has 0 atom stereocenters. The normalized spacial score (nSPS) is 15.1. The number of benzene rings is 1. The Balaban J connectivity index is 1.97. The molecule has 2 rings (SSSR count). The van der Waals surface area contributed by atoms with Crippen LogP contribution in [0.3, 0.4) is 0 Å². The van der Waals surface area contributed by atoms with Gasteiger partial charge in [0, 0.05) is 32.7 Å². The zero-order chi connectivity index (χ0) is 14.5. The van der Waals surface area contributed by atoms with E-state index in [1.54, 1.807) is 11.0 Å². The molecule has 2 amide bonds. The van der Waals surface area contributed by atoms with Crippen LogP contribution >= 0.6 is 23.2 Å². The molecule has 1 aromatic rings. The number of rotatable bonds is 3. The van der Waals surface area contributed by atoms with Crippen LogP contribution in [0.5, 0.6) is 0 Å². The molecule has 0 aromatic heterocycles. The zero-order valence-electron chi connectivity index (χ0n) is 11.1. The van der Waals surface area contributed by atoms with E-state index in [1.165, 1.54) is 0 Å². The van der Waals surface area contributed by atoms with Crippen molar-refractivity contribution >= 4 is 34.9 Å². The number of amides is 2. The summed E-state index contributed by atoms with van der Waals surface area (Å²) in [7, 11) is 0. The van der Waals surface area contributed by atoms with Crippen molar-refractivity contribution in [2.75, 3.05) is 37.6 Å². The SMILES string of the molecule is C=CCNC(=O)N1CCN(c2c(Cl)cccc2Cl)CC1. The second kappa shape index (κ2) is 6.86. The molecule has 0 radical (unpaired) electrons. The quantitative estimate of drug-likeness (QED) is 0.871. The minimum Gasteiger partial charge on any atom is -0.366 e. The van der Waals surface area contributed by atoms with Crippen molar-refractivity contribution in [3.8, 4) is 0 Å². The van der Waals surface area contributed by atoms with Crippen molar-refractivity contribution in [1.82, 2.24) is 10.2 Å². The molecule has 6 heteroatoms. The molecule has 20 heavy (non-hydrogen) atoms. The van der Waals surface area contributed by atoms with Crippen LogP contribution in [-0.2, 0) is 0 Å². The van der Waals surface area contributed by atoms with Crippen LogP contribution in [0.15, 0.2) is 30.9 Å². The van der Waals surface area contributed by atoms with Crippen LogP contribution in [0.2, 0.25) is 10.0 Å². The average molecular weight is 314 g/mol. The maximum atomic E-state index is 11.8. The molecule has 0 bridgehead atoms. The topological polar surface area (TPSA) is 35.6 Å². The molecule has 108 valence electrons. The number of hydrogen-bond acceptors (Lipinski definition) is 2. The van der Waals surface area contributed by atoms with Gasteiger partial charge in [0.25, 0.3) is 0 Å². The van der Waals surface area contributed by atoms with Gasteiger partial charge in [0.15, 0.2) is 0 Å². The standard InChI is InChI=1S/C14H17Cl2N3O/c1-2-6-17-14(20)19-9-7-18(8-10-19)13-11(15)4-3-5-12(13)16/h2-5H,1,6-10H2,(H,17,20). The number of anilines is 1. The van der Waals surface area contributed by atoms with E-state index in [0.717, 1.165) is 5.69 Å². The predicted molar refractivity (Wildman–Crippen MR) is 83.8 cm³/mol. The number of nitrogens with one attached hydrogen (secondary N) is 1. The second-order valence-electron chi connectivity index (χ2n) is 4.52. The first-order chi connectivity index (χ1) is 9.63. The first-order valence-electron chi connectivity index (χ1n) is 6.46. The zero-order valence-corrected chi connectivity index (χ0v) is 12.6. The Hall–Kier alpha value is -1.39. The third-order valence-electron chi connectivity index (χ3n) is 3.22. The summed E-state index contributed by atoms with van der Waals surface area (Å²) in [5.74, 6) is 0. The second-order valence-corrected chi connectivity index (χ2v) is 5.33. The lowest BCUT2D eigenvalue weighted by Gasteiger charge is -2.36. The number of para-hydroxylation sites is 1. The average Bonchev–Trinajstić information content (AvgIpc) is 2.45. The van der Waals surface area contributed by atoms with E-state index in [0.29, 0.717) is 42.8 Å². The molecule has 1 fully saturated rings. The lowest BCUT2D eigenvalue weighted by molar-refractivity contribution is 0.195. The first kappa shape index (κ1) is 15.0. The molecule has 0 unspecified atom stereocenters. The Bertz CT molecular complexity index is 479. The van der Waals surface area contributed by atoms with Gasteiger partial charge in [-0.05, 0) is 12.1 Å². The summed E-state index contributed by atoms with van der Waals surface area (Å²) in [5, 5.41) is 4.06. The first-order valence-corrected chi connectivity index (χ1v) is 7.21. The summed E-state index contributed by atoms with van der Waals surface area (Å²) in [6.45, 7) is 6.77. The summed E-state index contributed by atoms with van der Waals surface area (Å²) < 4.78 is 0. The Labute approximate surface area is 128 Å². The molecule has 0 spiro atoms. The molecular formula is C14H17Cl2N3O. The number of carbonyl (C=O) groups is 1. The van der Waals surface area contributed by atoms with Gasteiger partial charge in [-0.15, -0.1) is 6.58 Å². The Morgan fingerprint density at radius 2 is 1.85 bits per heavy atom. The van der Waals surface area contributed by atoms with Crippen molar-refractivity contribution in [1.29, 1.82) is 0 Å². The van der Waals surface area contributed by atoms with E-state index in [2.05, 4.69) is 16.8 Å². The van der Waals surface area contributed by atoms with Gasteiger partial charge in [-0.1, -0.05) is 35.3 Å². The highest BCUT2D eigenvalue weighted by molar-refractivity contribution is 6.39. The van der Waals surface area contributed by atoms with Gasteiger partial charge in [0.05, 0.1) is 15.7 Å². The van der Waals surface area contributed by atoms with Gasteiger partial charge < -0.3 is 15.1 Å². The summed E-state index contributed by atoms with van der Waals surface area (Å²) >= 11 is 12.4. The van der Waals surface area contributed by atoms with Crippen LogP contribution in [0, 0.1) is 0 Å². The van der Waals surface area contributed by atoms with Gasteiger partial charge in [0.2, 0.25) is 0 Å². The number of urea groups is 1. The molecule has 4 nitrogen and oxygen atoms in total. The fraction of sp³-hybridized carbons (Fsp3) is 0.357. The molecule has 1 saturated heterocycles. The monoisotopic (exact) mass is 313 g/mol. The Morgan fingerprint density at radius 3 is 2.40 bits per heavy atom. The fourth-order valence-electron chi connectivity index (χ4n) is 2.20. The summed E-state index contributed by atoms with van der Waals surface area (Å²) in [6.07, 6.45) is 1.66. The summed E-state index contributed by atoms with van der Waals surface area (Å²) in [5.41, 5.74) is 0.849. The highest BCUT2D eigenvalue weighted by Gasteiger charge is 2.23. The van der Waals surface area contributed by atoms with Gasteiger partial charge in [-0.2, -0.15) is 0 Å². The molecule has 0 saturated carbocycles. The van der Waals surface area contributed by atoms with Crippen molar-refractivity contribution in [3.05, 3.63) is 40.9 Å². The molecular weight excluding hydrogens is 297 g/mol. The van der Waals surface area contributed by atoms with E-state index in [1.807, 2.05) is 18.2 Å². The lowest BCUT2D eigenvalue weighted by Crippen LogP contribution is -2.52. The van der Waals surface area contributed by atoms with E-state index in [4.69, 9.17) is 23.2 Å². The Morgan fingerprint density at radius 1 is 1.25 bits per heavy atom. The minimum absolute atomic E-state index is 0.0604. The Kier molecular flexibility index (Phi) is 5.15. The molecule has 1 N–H and O–H groups in total. The van der Waals surface area contributed by atoms with Gasteiger partial charge in [-0.3, -0.25) is 0 Å². The third-order valence-corrected chi connectivity index (χ3v) is 3.83.